The summed E-state index contributed by atoms with van der Waals surface area (Å²) in [5.41, 5.74) is -0.561. The Bertz CT molecular complexity index is 316. The lowest BCUT2D eigenvalue weighted by Crippen LogP contribution is -2.32. The summed E-state index contributed by atoms with van der Waals surface area (Å²) in [5, 5.41) is 12.5. The van der Waals surface area contributed by atoms with Crippen LogP contribution in [0.25, 0.3) is 0 Å². The number of hydrogen-bond donors (Lipinski definition) is 2. The van der Waals surface area contributed by atoms with Gasteiger partial charge in [0.05, 0.1) is 12.3 Å². The lowest BCUT2D eigenvalue weighted by Gasteiger charge is -2.26. The highest BCUT2D eigenvalue weighted by Gasteiger charge is 2.28. The van der Waals surface area contributed by atoms with Crippen LogP contribution in [0.15, 0.2) is 0 Å². The molecule has 0 aromatic carbocycles. The van der Waals surface area contributed by atoms with Crippen LogP contribution in [-0.4, -0.2) is 35.7 Å². The smallest absolute Gasteiger partial charge is 0.307 e. The third-order valence-electron chi connectivity index (χ3n) is 3.26. The molecule has 1 fully saturated rings. The number of aliphatic carboxylic acids is 1. The van der Waals surface area contributed by atoms with Gasteiger partial charge in [-0.1, -0.05) is 0 Å². The van der Waals surface area contributed by atoms with E-state index in [1.54, 1.807) is 20.8 Å². The molecule has 0 unspecified atom stereocenters. The predicted molar refractivity (Wildman–Crippen MR) is 71.8 cm³/mol. The molecule has 0 radical (unpaired) electrons. The van der Waals surface area contributed by atoms with Gasteiger partial charge in [-0.2, -0.15) is 0 Å². The molecule has 1 saturated heterocycles. The maximum atomic E-state index is 11.7. The second kappa shape index (κ2) is 6.89. The van der Waals surface area contributed by atoms with Crippen molar-refractivity contribution >= 4 is 11.9 Å². The molecule has 19 heavy (non-hydrogen) atoms. The van der Waals surface area contributed by atoms with Crippen LogP contribution in [0, 0.1) is 11.8 Å². The predicted octanol–water partition coefficient (Wildman–Crippen LogP) is 1.81. The number of rotatable bonds is 5. The first-order valence-electron chi connectivity index (χ1n) is 6.93. The van der Waals surface area contributed by atoms with Crippen LogP contribution in [0.2, 0.25) is 0 Å². The van der Waals surface area contributed by atoms with Crippen LogP contribution in [0.3, 0.4) is 0 Å². The van der Waals surface area contributed by atoms with E-state index in [0.29, 0.717) is 12.3 Å². The number of nitrogens with one attached hydrogen (secondary N) is 1. The largest absolute Gasteiger partial charge is 0.481 e. The quantitative estimate of drug-likeness (QED) is 0.746. The summed E-state index contributed by atoms with van der Waals surface area (Å²) in [4.78, 5) is 23.0. The van der Waals surface area contributed by atoms with E-state index in [2.05, 4.69) is 5.32 Å². The molecule has 0 aromatic heterocycles. The van der Waals surface area contributed by atoms with Crippen LogP contribution in [-0.2, 0) is 14.3 Å². The number of carbonyl (C=O) groups is 2. The van der Waals surface area contributed by atoms with Gasteiger partial charge in [0.15, 0.2) is 0 Å². The maximum absolute atomic E-state index is 11.7. The van der Waals surface area contributed by atoms with Gasteiger partial charge in [-0.05, 0) is 59.0 Å². The van der Waals surface area contributed by atoms with E-state index in [1.807, 2.05) is 0 Å². The highest BCUT2D eigenvalue weighted by molar-refractivity contribution is 5.78. The lowest BCUT2D eigenvalue weighted by atomic mass is 9.86. The molecule has 2 N–H and O–H groups in total. The first-order chi connectivity index (χ1) is 8.78. The van der Waals surface area contributed by atoms with Crippen LogP contribution in [0.4, 0.5) is 0 Å². The molecule has 0 bridgehead atoms. The second-order valence-corrected chi connectivity index (χ2v) is 6.25. The van der Waals surface area contributed by atoms with Gasteiger partial charge >= 0.3 is 11.9 Å². The molecule has 5 heteroatoms. The van der Waals surface area contributed by atoms with E-state index < -0.39 is 23.5 Å². The van der Waals surface area contributed by atoms with Gasteiger partial charge in [0.2, 0.25) is 0 Å². The summed E-state index contributed by atoms with van der Waals surface area (Å²) in [6, 6.07) is 0. The van der Waals surface area contributed by atoms with Crippen molar-refractivity contribution in [2.75, 3.05) is 13.1 Å². The number of esters is 1. The third kappa shape index (κ3) is 6.57. The topological polar surface area (TPSA) is 75.6 Å². The van der Waals surface area contributed by atoms with Gasteiger partial charge < -0.3 is 15.2 Å². The number of carboxylic acids is 1. The summed E-state index contributed by atoms with van der Waals surface area (Å²) in [7, 11) is 0. The second-order valence-electron chi connectivity index (χ2n) is 6.25. The van der Waals surface area contributed by atoms with Gasteiger partial charge in [0, 0.05) is 0 Å². The first-order valence-corrected chi connectivity index (χ1v) is 6.93. The van der Waals surface area contributed by atoms with E-state index in [-0.39, 0.29) is 6.42 Å². The number of carbonyl (C=O) groups excluding carboxylic acids is 1. The Morgan fingerprint density at radius 3 is 2.37 bits per heavy atom. The summed E-state index contributed by atoms with van der Waals surface area (Å²) < 4.78 is 5.19. The molecule has 1 rings (SSSR count). The van der Waals surface area contributed by atoms with Crippen LogP contribution >= 0.6 is 0 Å². The van der Waals surface area contributed by atoms with E-state index in [9.17, 15) is 14.7 Å². The molecular weight excluding hydrogens is 246 g/mol. The molecule has 1 atom stereocenters. The van der Waals surface area contributed by atoms with Crippen molar-refractivity contribution in [2.24, 2.45) is 11.8 Å². The molecule has 5 nitrogen and oxygen atoms in total. The van der Waals surface area contributed by atoms with Gasteiger partial charge in [-0.15, -0.1) is 0 Å². The number of piperidine rings is 1. The van der Waals surface area contributed by atoms with Crippen molar-refractivity contribution in [3.63, 3.8) is 0 Å². The van der Waals surface area contributed by atoms with Crippen LogP contribution in [0.5, 0.6) is 0 Å². The highest BCUT2D eigenvalue weighted by atomic mass is 16.6. The molecule has 0 amide bonds. The molecule has 0 saturated carbocycles. The molecule has 0 spiro atoms. The maximum Gasteiger partial charge on any atom is 0.307 e. The summed E-state index contributed by atoms with van der Waals surface area (Å²) in [6.45, 7) is 7.22. The zero-order chi connectivity index (χ0) is 14.5. The minimum atomic E-state index is -0.899. The third-order valence-corrected chi connectivity index (χ3v) is 3.26. The Morgan fingerprint density at radius 2 is 1.89 bits per heavy atom. The molecule has 0 aliphatic carbocycles. The van der Waals surface area contributed by atoms with E-state index in [1.165, 1.54) is 0 Å². The summed E-state index contributed by atoms with van der Waals surface area (Å²) in [6.07, 6.45) is 2.50. The zero-order valence-electron chi connectivity index (χ0n) is 12.1. The average Bonchev–Trinajstić information content (AvgIpc) is 2.26. The number of carboxylic acid groups (broad SMARTS) is 1. The van der Waals surface area contributed by atoms with E-state index >= 15 is 0 Å². The standard InChI is InChI=1S/C14H25NO4/c1-14(2,3)19-12(16)9-11(13(17)18)8-10-4-6-15-7-5-10/h10-11,15H,4-9H2,1-3H3,(H,17,18)/t11-/m1/s1. The minimum Gasteiger partial charge on any atom is -0.481 e. The van der Waals surface area contributed by atoms with Crippen LogP contribution in [0.1, 0.15) is 46.5 Å². The fourth-order valence-electron chi connectivity index (χ4n) is 2.38. The van der Waals surface area contributed by atoms with Crippen molar-refractivity contribution in [1.82, 2.24) is 5.32 Å². The Balaban J connectivity index is 2.48. The Hall–Kier alpha value is -1.10. The fourth-order valence-corrected chi connectivity index (χ4v) is 2.38. The lowest BCUT2D eigenvalue weighted by molar-refractivity contribution is -0.160. The van der Waals surface area contributed by atoms with Crippen molar-refractivity contribution in [2.45, 2.75) is 52.1 Å². The van der Waals surface area contributed by atoms with Gasteiger partial charge in [-0.25, -0.2) is 0 Å². The number of hydrogen-bond acceptors (Lipinski definition) is 4. The van der Waals surface area contributed by atoms with E-state index in [0.717, 1.165) is 25.9 Å². The Kier molecular flexibility index (Phi) is 5.79. The SMILES string of the molecule is CC(C)(C)OC(=O)C[C@@H](CC1CCNCC1)C(=O)O. The van der Waals surface area contributed by atoms with Crippen molar-refractivity contribution in [3.8, 4) is 0 Å². The fraction of sp³-hybridized carbons (Fsp3) is 0.857. The van der Waals surface area contributed by atoms with Crippen molar-refractivity contribution in [3.05, 3.63) is 0 Å². The molecule has 110 valence electrons. The summed E-state index contributed by atoms with van der Waals surface area (Å²) >= 11 is 0. The van der Waals surface area contributed by atoms with Gasteiger partial charge in [0.1, 0.15) is 5.60 Å². The van der Waals surface area contributed by atoms with E-state index in [4.69, 9.17) is 4.74 Å². The molecule has 1 aliphatic rings. The normalized spacial score (nSPS) is 18.9. The highest BCUT2D eigenvalue weighted by Crippen LogP contribution is 2.24. The average molecular weight is 271 g/mol. The van der Waals surface area contributed by atoms with Gasteiger partial charge in [0.25, 0.3) is 0 Å². The van der Waals surface area contributed by atoms with Crippen LogP contribution < -0.4 is 5.32 Å². The van der Waals surface area contributed by atoms with Crippen molar-refractivity contribution in [1.29, 1.82) is 0 Å². The molecule has 1 aliphatic heterocycles. The Labute approximate surface area is 114 Å². The zero-order valence-corrected chi connectivity index (χ0v) is 12.1. The monoisotopic (exact) mass is 271 g/mol. The van der Waals surface area contributed by atoms with Gasteiger partial charge in [-0.3, -0.25) is 9.59 Å². The molecule has 0 aromatic rings. The number of ether oxygens (including phenoxy) is 1. The molecule has 1 heterocycles. The first kappa shape index (κ1) is 16.0. The van der Waals surface area contributed by atoms with Crippen molar-refractivity contribution < 1.29 is 19.4 Å². The minimum absolute atomic E-state index is 0.0312. The molecular formula is C14H25NO4. The Morgan fingerprint density at radius 1 is 1.32 bits per heavy atom. The summed E-state index contributed by atoms with van der Waals surface area (Å²) in [5.74, 6) is -1.55.